The number of ether oxygens (including phenoxy) is 1. The Labute approximate surface area is 106 Å². The molecule has 1 atom stereocenters. The van der Waals surface area contributed by atoms with Gasteiger partial charge < -0.3 is 10.5 Å². The van der Waals surface area contributed by atoms with Crippen molar-refractivity contribution in [2.75, 3.05) is 7.11 Å². The second-order valence-corrected chi connectivity index (χ2v) is 4.18. The van der Waals surface area contributed by atoms with Crippen LogP contribution < -0.4 is 10.5 Å². The molecule has 0 heterocycles. The van der Waals surface area contributed by atoms with Gasteiger partial charge in [-0.05, 0) is 29.3 Å². The first kappa shape index (κ1) is 12.0. The van der Waals surface area contributed by atoms with Crippen LogP contribution in [0.4, 0.5) is 0 Å². The van der Waals surface area contributed by atoms with E-state index in [1.165, 1.54) is 0 Å². The Morgan fingerprint density at radius 2 is 1.82 bits per heavy atom. The summed E-state index contributed by atoms with van der Waals surface area (Å²) in [6.45, 7) is 0. The maximum atomic E-state index is 6.20. The number of benzene rings is 2. The van der Waals surface area contributed by atoms with E-state index in [-0.39, 0.29) is 6.04 Å². The van der Waals surface area contributed by atoms with Crippen LogP contribution in [-0.4, -0.2) is 7.11 Å². The maximum Gasteiger partial charge on any atom is 0.119 e. The van der Waals surface area contributed by atoms with Gasteiger partial charge in [-0.2, -0.15) is 0 Å². The van der Waals surface area contributed by atoms with E-state index < -0.39 is 0 Å². The Balaban J connectivity index is 2.40. The Kier molecular flexibility index (Phi) is 3.67. The minimum atomic E-state index is -0.237. The highest BCUT2D eigenvalue weighted by atomic mass is 35.5. The van der Waals surface area contributed by atoms with E-state index >= 15 is 0 Å². The van der Waals surface area contributed by atoms with Crippen LogP contribution in [0.25, 0.3) is 0 Å². The molecule has 2 aromatic rings. The van der Waals surface area contributed by atoms with Crippen LogP contribution in [0.5, 0.6) is 5.75 Å². The van der Waals surface area contributed by atoms with Gasteiger partial charge in [-0.1, -0.05) is 41.9 Å². The van der Waals surface area contributed by atoms with Crippen molar-refractivity contribution in [3.8, 4) is 5.75 Å². The zero-order chi connectivity index (χ0) is 12.3. The molecular formula is C14H14ClNO. The molecule has 0 saturated carbocycles. The van der Waals surface area contributed by atoms with Gasteiger partial charge in [0.1, 0.15) is 5.75 Å². The fourth-order valence-electron chi connectivity index (χ4n) is 1.73. The number of halogens is 1. The first-order valence-electron chi connectivity index (χ1n) is 5.36. The Hall–Kier alpha value is -1.51. The average molecular weight is 248 g/mol. The predicted octanol–water partition coefficient (Wildman–Crippen LogP) is 3.40. The molecule has 0 bridgehead atoms. The summed E-state index contributed by atoms with van der Waals surface area (Å²) < 4.78 is 5.18. The van der Waals surface area contributed by atoms with E-state index in [9.17, 15) is 0 Å². The van der Waals surface area contributed by atoms with Crippen molar-refractivity contribution in [3.63, 3.8) is 0 Å². The van der Waals surface area contributed by atoms with E-state index in [0.29, 0.717) is 5.02 Å². The highest BCUT2D eigenvalue weighted by Crippen LogP contribution is 2.29. The Morgan fingerprint density at radius 3 is 2.47 bits per heavy atom. The molecule has 2 nitrogen and oxygen atoms in total. The van der Waals surface area contributed by atoms with Gasteiger partial charge in [-0.15, -0.1) is 0 Å². The van der Waals surface area contributed by atoms with Crippen LogP contribution >= 0.6 is 11.6 Å². The summed E-state index contributed by atoms with van der Waals surface area (Å²) in [5.41, 5.74) is 8.10. The monoisotopic (exact) mass is 247 g/mol. The molecule has 0 aliphatic carbocycles. The highest BCUT2D eigenvalue weighted by Gasteiger charge is 2.13. The summed E-state index contributed by atoms with van der Waals surface area (Å²) in [6.07, 6.45) is 0. The number of hydrogen-bond acceptors (Lipinski definition) is 2. The molecule has 0 aliphatic rings. The third-order valence-electron chi connectivity index (χ3n) is 2.70. The lowest BCUT2D eigenvalue weighted by Gasteiger charge is -2.15. The molecule has 3 heteroatoms. The first-order valence-corrected chi connectivity index (χ1v) is 5.74. The van der Waals surface area contributed by atoms with Crippen LogP contribution in [0.2, 0.25) is 5.02 Å². The molecule has 0 spiro atoms. The van der Waals surface area contributed by atoms with Crippen LogP contribution in [0.15, 0.2) is 48.5 Å². The van der Waals surface area contributed by atoms with Gasteiger partial charge in [0, 0.05) is 5.02 Å². The van der Waals surface area contributed by atoms with Gasteiger partial charge in [-0.3, -0.25) is 0 Å². The van der Waals surface area contributed by atoms with Gasteiger partial charge >= 0.3 is 0 Å². The van der Waals surface area contributed by atoms with Gasteiger partial charge in [-0.25, -0.2) is 0 Å². The molecule has 88 valence electrons. The normalized spacial score (nSPS) is 12.2. The van der Waals surface area contributed by atoms with E-state index in [4.69, 9.17) is 22.1 Å². The fourth-order valence-corrected chi connectivity index (χ4v) is 1.96. The lowest BCUT2D eigenvalue weighted by molar-refractivity contribution is 0.414. The van der Waals surface area contributed by atoms with Crippen LogP contribution in [0.1, 0.15) is 17.2 Å². The van der Waals surface area contributed by atoms with Gasteiger partial charge in [0.2, 0.25) is 0 Å². The predicted molar refractivity (Wildman–Crippen MR) is 70.5 cm³/mol. The van der Waals surface area contributed by atoms with Crippen molar-refractivity contribution in [2.24, 2.45) is 5.73 Å². The van der Waals surface area contributed by atoms with Crippen LogP contribution in [0.3, 0.4) is 0 Å². The zero-order valence-corrected chi connectivity index (χ0v) is 10.3. The SMILES string of the molecule is COc1ccc(Cl)c(C(N)c2ccccc2)c1. The van der Waals surface area contributed by atoms with Crippen LogP contribution in [-0.2, 0) is 0 Å². The minimum absolute atomic E-state index is 0.237. The van der Waals surface area contributed by atoms with E-state index in [1.54, 1.807) is 13.2 Å². The average Bonchev–Trinajstić information content (AvgIpc) is 2.39. The summed E-state index contributed by atoms with van der Waals surface area (Å²) in [4.78, 5) is 0. The molecule has 0 aliphatic heterocycles. The molecule has 0 saturated heterocycles. The first-order chi connectivity index (χ1) is 8.22. The second kappa shape index (κ2) is 5.21. The molecule has 17 heavy (non-hydrogen) atoms. The van der Waals surface area contributed by atoms with Crippen molar-refractivity contribution >= 4 is 11.6 Å². The number of hydrogen-bond donors (Lipinski definition) is 1. The van der Waals surface area contributed by atoms with Crippen molar-refractivity contribution in [2.45, 2.75) is 6.04 Å². The summed E-state index contributed by atoms with van der Waals surface area (Å²) in [7, 11) is 1.63. The van der Waals surface area contributed by atoms with E-state index in [2.05, 4.69) is 0 Å². The van der Waals surface area contributed by atoms with Gasteiger partial charge in [0.15, 0.2) is 0 Å². The third kappa shape index (κ3) is 2.60. The molecular weight excluding hydrogens is 234 g/mol. The minimum Gasteiger partial charge on any atom is -0.497 e. The fraction of sp³-hybridized carbons (Fsp3) is 0.143. The van der Waals surface area contributed by atoms with Crippen LogP contribution in [0, 0.1) is 0 Å². The smallest absolute Gasteiger partial charge is 0.119 e. The summed E-state index contributed by atoms with van der Waals surface area (Å²) in [6, 6.07) is 15.1. The lowest BCUT2D eigenvalue weighted by Crippen LogP contribution is -2.12. The van der Waals surface area contributed by atoms with Crippen molar-refractivity contribution < 1.29 is 4.74 Å². The zero-order valence-electron chi connectivity index (χ0n) is 9.56. The third-order valence-corrected chi connectivity index (χ3v) is 3.04. The maximum absolute atomic E-state index is 6.20. The summed E-state index contributed by atoms with van der Waals surface area (Å²) in [5, 5.41) is 0.655. The second-order valence-electron chi connectivity index (χ2n) is 3.78. The quantitative estimate of drug-likeness (QED) is 0.902. The van der Waals surface area contributed by atoms with Gasteiger partial charge in [0.05, 0.1) is 13.2 Å². The molecule has 0 radical (unpaired) electrons. The van der Waals surface area contributed by atoms with E-state index in [0.717, 1.165) is 16.9 Å². The standard InChI is InChI=1S/C14H14ClNO/c1-17-11-7-8-13(15)12(9-11)14(16)10-5-3-2-4-6-10/h2-9,14H,16H2,1H3. The highest BCUT2D eigenvalue weighted by molar-refractivity contribution is 6.31. The molecule has 2 aromatic carbocycles. The number of rotatable bonds is 3. The van der Waals surface area contributed by atoms with E-state index in [1.807, 2.05) is 42.5 Å². The molecule has 1 unspecified atom stereocenters. The topological polar surface area (TPSA) is 35.2 Å². The Bertz CT molecular complexity index is 499. The van der Waals surface area contributed by atoms with Crippen molar-refractivity contribution in [3.05, 3.63) is 64.7 Å². The van der Waals surface area contributed by atoms with Gasteiger partial charge in [0.25, 0.3) is 0 Å². The number of nitrogens with two attached hydrogens (primary N) is 1. The largest absolute Gasteiger partial charge is 0.497 e. The number of methoxy groups -OCH3 is 1. The summed E-state index contributed by atoms with van der Waals surface area (Å²) in [5.74, 6) is 0.760. The molecule has 0 fully saturated rings. The van der Waals surface area contributed by atoms with Crippen molar-refractivity contribution in [1.82, 2.24) is 0 Å². The molecule has 0 aromatic heterocycles. The molecule has 2 N–H and O–H groups in total. The Morgan fingerprint density at radius 1 is 1.12 bits per heavy atom. The molecule has 0 amide bonds. The molecule has 2 rings (SSSR count). The lowest BCUT2D eigenvalue weighted by atomic mass is 9.99. The van der Waals surface area contributed by atoms with Crippen molar-refractivity contribution in [1.29, 1.82) is 0 Å². The summed E-state index contributed by atoms with van der Waals surface area (Å²) >= 11 is 6.16.